The quantitative estimate of drug-likeness (QED) is 0.283. The molecule has 7 heteroatoms. The summed E-state index contributed by atoms with van der Waals surface area (Å²) in [5, 5.41) is 5.48. The van der Waals surface area contributed by atoms with Gasteiger partial charge in [0.1, 0.15) is 0 Å². The Labute approximate surface area is 184 Å². The Morgan fingerprint density at radius 2 is 1.94 bits per heavy atom. The van der Waals surface area contributed by atoms with Gasteiger partial charge in [0.25, 0.3) is 5.89 Å². The Morgan fingerprint density at radius 1 is 1.13 bits per heavy atom. The lowest BCUT2D eigenvalue weighted by Crippen LogP contribution is -2.35. The zero-order valence-electron chi connectivity index (χ0n) is 18.6. The first-order valence-electron chi connectivity index (χ1n) is 11.7. The van der Waals surface area contributed by atoms with E-state index < -0.39 is 0 Å². The largest absolute Gasteiger partial charge is 0.347 e. The summed E-state index contributed by atoms with van der Waals surface area (Å²) in [6.07, 6.45) is 13.3. The van der Waals surface area contributed by atoms with Crippen LogP contribution in [0, 0.1) is 0 Å². The summed E-state index contributed by atoms with van der Waals surface area (Å²) in [7, 11) is 0. The second-order valence-electron chi connectivity index (χ2n) is 8.64. The van der Waals surface area contributed by atoms with E-state index in [1.54, 1.807) is 0 Å². The first kappa shape index (κ1) is 21.4. The van der Waals surface area contributed by atoms with Crippen LogP contribution in [0.2, 0.25) is 0 Å². The standard InChI is InChI=1S/C24H34N6O/c1-2-3-4-5-6-7-8-14-29-16-13-18-11-12-19(17-21(18)29)22-27-23(31-28-22)20-10-9-15-30(20)24(25)26/h11-13,16-17,20H,2-10,14-15H2,1H3,(H3,25,26)/p+1/t20-/m0/s1. The summed E-state index contributed by atoms with van der Waals surface area (Å²) in [5.41, 5.74) is 13.8. The van der Waals surface area contributed by atoms with Crippen LogP contribution in [-0.4, -0.2) is 31.8 Å². The van der Waals surface area contributed by atoms with Crippen LogP contribution in [0.5, 0.6) is 0 Å². The molecule has 7 nitrogen and oxygen atoms in total. The Balaban J connectivity index is 1.44. The van der Waals surface area contributed by atoms with Crippen molar-refractivity contribution in [3.63, 3.8) is 0 Å². The fraction of sp³-hybridized carbons (Fsp3) is 0.542. The minimum absolute atomic E-state index is 0.0313. The number of hydrogen-bond acceptors (Lipinski definition) is 3. The van der Waals surface area contributed by atoms with E-state index in [0.717, 1.165) is 31.5 Å². The van der Waals surface area contributed by atoms with Crippen molar-refractivity contribution in [1.82, 2.24) is 14.7 Å². The Kier molecular flexibility index (Phi) is 6.89. The molecule has 1 aliphatic heterocycles. The van der Waals surface area contributed by atoms with Crippen molar-refractivity contribution in [2.75, 3.05) is 6.54 Å². The van der Waals surface area contributed by atoms with Gasteiger partial charge in [-0.2, -0.15) is 4.98 Å². The highest BCUT2D eigenvalue weighted by molar-refractivity contribution is 5.84. The molecular weight excluding hydrogens is 388 g/mol. The number of fused-ring (bicyclic) bond motifs is 1. The van der Waals surface area contributed by atoms with Gasteiger partial charge >= 0.3 is 5.96 Å². The molecule has 1 atom stereocenters. The summed E-state index contributed by atoms with van der Waals surface area (Å²) < 4.78 is 9.87. The molecule has 1 fully saturated rings. The van der Waals surface area contributed by atoms with Crippen LogP contribution in [0.25, 0.3) is 22.3 Å². The molecule has 0 bridgehead atoms. The van der Waals surface area contributed by atoms with E-state index in [0.29, 0.717) is 17.7 Å². The molecule has 0 radical (unpaired) electrons. The summed E-state index contributed by atoms with van der Waals surface area (Å²) in [6, 6.07) is 8.51. The molecule has 1 aromatic carbocycles. The third-order valence-electron chi connectivity index (χ3n) is 6.35. The van der Waals surface area contributed by atoms with Crippen LogP contribution in [0.3, 0.4) is 0 Å². The minimum Gasteiger partial charge on any atom is -0.347 e. The molecule has 166 valence electrons. The average Bonchev–Trinajstić information content (AvgIpc) is 3.51. The SMILES string of the molecule is CCCCCCCCCn1ccc2ccc(-c3noc([C@@H]4CCC[N+]4=C(N)N)n3)cc21. The van der Waals surface area contributed by atoms with Gasteiger partial charge in [0.05, 0.1) is 6.54 Å². The van der Waals surface area contributed by atoms with Crippen molar-refractivity contribution in [3.05, 3.63) is 36.4 Å². The Bertz CT molecular complexity index is 1030. The van der Waals surface area contributed by atoms with Crippen molar-refractivity contribution < 1.29 is 9.10 Å². The number of aryl methyl sites for hydroxylation is 1. The van der Waals surface area contributed by atoms with Gasteiger partial charge in [-0.05, 0) is 36.8 Å². The second-order valence-corrected chi connectivity index (χ2v) is 8.64. The number of aromatic nitrogens is 3. The molecule has 0 unspecified atom stereocenters. The number of unbranched alkanes of at least 4 members (excludes halogenated alkanes) is 6. The molecule has 0 saturated carbocycles. The monoisotopic (exact) mass is 423 g/mol. The highest BCUT2D eigenvalue weighted by atomic mass is 16.5. The number of nitrogens with two attached hydrogens (primary N) is 2. The topological polar surface area (TPSA) is 98.9 Å². The summed E-state index contributed by atoms with van der Waals surface area (Å²) in [6.45, 7) is 4.13. The van der Waals surface area contributed by atoms with Crippen LogP contribution in [0.15, 0.2) is 35.0 Å². The number of guanidine groups is 1. The maximum atomic E-state index is 5.82. The van der Waals surface area contributed by atoms with Crippen LogP contribution in [0.4, 0.5) is 0 Å². The highest BCUT2D eigenvalue weighted by Crippen LogP contribution is 2.30. The Hall–Kier alpha value is -2.83. The van der Waals surface area contributed by atoms with Gasteiger partial charge in [-0.15, -0.1) is 0 Å². The highest BCUT2D eigenvalue weighted by Gasteiger charge is 2.31. The van der Waals surface area contributed by atoms with Crippen molar-refractivity contribution in [1.29, 1.82) is 0 Å². The van der Waals surface area contributed by atoms with E-state index >= 15 is 0 Å². The van der Waals surface area contributed by atoms with E-state index in [1.807, 2.05) is 4.58 Å². The fourth-order valence-corrected chi connectivity index (χ4v) is 4.58. The normalized spacial score (nSPS) is 16.4. The molecule has 0 amide bonds. The maximum absolute atomic E-state index is 5.82. The number of hydrogen-bond donors (Lipinski definition) is 2. The van der Waals surface area contributed by atoms with E-state index in [1.165, 1.54) is 55.8 Å². The van der Waals surface area contributed by atoms with Gasteiger partial charge < -0.3 is 9.09 Å². The maximum Gasteiger partial charge on any atom is 0.341 e. The molecule has 3 aromatic rings. The predicted molar refractivity (Wildman–Crippen MR) is 124 cm³/mol. The van der Waals surface area contributed by atoms with Crippen LogP contribution in [-0.2, 0) is 6.54 Å². The van der Waals surface area contributed by atoms with Crippen molar-refractivity contribution in [3.8, 4) is 11.4 Å². The summed E-state index contributed by atoms with van der Waals surface area (Å²) >= 11 is 0. The van der Waals surface area contributed by atoms with Gasteiger partial charge in [0.2, 0.25) is 5.82 Å². The molecule has 1 saturated heterocycles. The molecule has 31 heavy (non-hydrogen) atoms. The lowest BCUT2D eigenvalue weighted by Gasteiger charge is -2.07. The van der Waals surface area contributed by atoms with Crippen molar-refractivity contribution >= 4 is 16.9 Å². The number of nitrogens with zero attached hydrogens (tertiary/aromatic N) is 4. The van der Waals surface area contributed by atoms with Gasteiger partial charge in [-0.1, -0.05) is 62.7 Å². The molecule has 4 rings (SSSR count). The first-order valence-corrected chi connectivity index (χ1v) is 11.7. The smallest absolute Gasteiger partial charge is 0.341 e. The van der Waals surface area contributed by atoms with Crippen LogP contribution < -0.4 is 11.5 Å². The number of benzene rings is 1. The number of rotatable bonds is 10. The third-order valence-corrected chi connectivity index (χ3v) is 6.35. The predicted octanol–water partition coefficient (Wildman–Crippen LogP) is 4.56. The molecular formula is C24H35N6O+. The van der Waals surface area contributed by atoms with Gasteiger partial charge in [-0.25, -0.2) is 0 Å². The van der Waals surface area contributed by atoms with Crippen LogP contribution in [0.1, 0.15) is 76.6 Å². The molecule has 0 aliphatic carbocycles. The Morgan fingerprint density at radius 3 is 2.74 bits per heavy atom. The lowest BCUT2D eigenvalue weighted by atomic mass is 10.1. The third kappa shape index (κ3) is 4.92. The van der Waals surface area contributed by atoms with Crippen molar-refractivity contribution in [2.45, 2.75) is 77.3 Å². The van der Waals surface area contributed by atoms with Gasteiger partial charge in [0.15, 0.2) is 6.04 Å². The van der Waals surface area contributed by atoms with E-state index in [-0.39, 0.29) is 6.04 Å². The average molecular weight is 424 g/mol. The molecule has 1 aliphatic rings. The molecule has 3 heterocycles. The molecule has 0 spiro atoms. The zero-order valence-corrected chi connectivity index (χ0v) is 18.6. The summed E-state index contributed by atoms with van der Waals surface area (Å²) in [5.74, 6) is 1.51. The van der Waals surface area contributed by atoms with Crippen molar-refractivity contribution in [2.24, 2.45) is 11.5 Å². The van der Waals surface area contributed by atoms with Gasteiger partial charge in [-0.3, -0.25) is 16.0 Å². The second kappa shape index (κ2) is 9.98. The molecule has 4 N–H and O–H groups in total. The lowest BCUT2D eigenvalue weighted by molar-refractivity contribution is -0.555. The van der Waals surface area contributed by atoms with E-state index in [9.17, 15) is 0 Å². The van der Waals surface area contributed by atoms with Crippen LogP contribution >= 0.6 is 0 Å². The fourth-order valence-electron chi connectivity index (χ4n) is 4.58. The molecule has 2 aromatic heterocycles. The zero-order chi connectivity index (χ0) is 21.6. The van der Waals surface area contributed by atoms with E-state index in [2.05, 4.69) is 52.1 Å². The summed E-state index contributed by atoms with van der Waals surface area (Å²) in [4.78, 5) is 4.67. The van der Waals surface area contributed by atoms with Gasteiger partial charge in [0, 0.05) is 23.8 Å². The minimum atomic E-state index is -0.0313. The van der Waals surface area contributed by atoms with E-state index in [4.69, 9.17) is 16.0 Å². The first-order chi connectivity index (χ1) is 15.2.